The van der Waals surface area contributed by atoms with Crippen LogP contribution < -0.4 is 16.1 Å². The lowest BCUT2D eigenvalue weighted by Crippen LogP contribution is -2.28. The predicted molar refractivity (Wildman–Crippen MR) is 131 cm³/mol. The van der Waals surface area contributed by atoms with Crippen LogP contribution in [-0.4, -0.2) is 31.0 Å². The van der Waals surface area contributed by atoms with Crippen molar-refractivity contribution in [3.05, 3.63) is 90.0 Å². The van der Waals surface area contributed by atoms with E-state index in [1.807, 2.05) is 20.8 Å². The molecular weight excluding hydrogens is 454 g/mol. The van der Waals surface area contributed by atoms with Crippen molar-refractivity contribution in [2.45, 2.75) is 36.5 Å². The predicted octanol–water partition coefficient (Wildman–Crippen LogP) is 4.17. The maximum Gasteiger partial charge on any atom is 0.274 e. The Morgan fingerprint density at radius 2 is 1.38 bits per heavy atom. The molecule has 9 heteroatoms. The zero-order chi connectivity index (χ0) is 24.9. The Kier molecular flexibility index (Phi) is 7.38. The van der Waals surface area contributed by atoms with Crippen LogP contribution in [0.4, 0.5) is 11.4 Å². The van der Waals surface area contributed by atoms with E-state index >= 15 is 0 Å². The van der Waals surface area contributed by atoms with Crippen LogP contribution in [0.3, 0.4) is 0 Å². The summed E-state index contributed by atoms with van der Waals surface area (Å²) in [5.41, 5.74) is 2.90. The number of nitrogens with one attached hydrogen (secondary N) is 3. The number of carbonyl (C=O) groups excluding carboxylic acids is 2. The van der Waals surface area contributed by atoms with Gasteiger partial charge in [0.15, 0.2) is 15.1 Å². The average molecular weight is 482 g/mol. The fraction of sp³-hybridized carbons (Fsp3) is 0.200. The number of amides is 2. The lowest BCUT2D eigenvalue weighted by atomic mass is 10.1. The van der Waals surface area contributed by atoms with Crippen LogP contribution in [0.5, 0.6) is 0 Å². The molecule has 3 aromatic rings. The number of hydrogen-bond acceptors (Lipinski definition) is 6. The standard InChI is InChI=1S/C25H27N3O5S/c1-25(2,3)27-20-13-15-21(16-14-20)34(32,33)22(17-7-5-4-6-8-17)24(30)26-19-11-9-18(10-12-19)23(29)28-31/h4-16,22,27,31H,1-3H3,(H,26,30)(H,28,29)/t22-/m0/s1. The van der Waals surface area contributed by atoms with E-state index in [2.05, 4.69) is 10.6 Å². The van der Waals surface area contributed by atoms with Crippen molar-refractivity contribution < 1.29 is 23.2 Å². The number of hydrogen-bond donors (Lipinski definition) is 4. The number of anilines is 2. The SMILES string of the molecule is CC(C)(C)Nc1ccc(S(=O)(=O)[C@H](C(=O)Nc2ccc(C(=O)NO)cc2)c2ccccc2)cc1. The van der Waals surface area contributed by atoms with Crippen molar-refractivity contribution in [3.8, 4) is 0 Å². The Morgan fingerprint density at radius 3 is 1.91 bits per heavy atom. The van der Waals surface area contributed by atoms with Crippen molar-refractivity contribution in [2.75, 3.05) is 10.6 Å². The number of sulfone groups is 1. The zero-order valence-electron chi connectivity index (χ0n) is 19.1. The zero-order valence-corrected chi connectivity index (χ0v) is 19.9. The van der Waals surface area contributed by atoms with Gasteiger partial charge in [-0.1, -0.05) is 30.3 Å². The number of benzene rings is 3. The highest BCUT2D eigenvalue weighted by Crippen LogP contribution is 2.31. The van der Waals surface area contributed by atoms with Crippen LogP contribution in [0.15, 0.2) is 83.8 Å². The van der Waals surface area contributed by atoms with Gasteiger partial charge in [-0.2, -0.15) is 0 Å². The van der Waals surface area contributed by atoms with Crippen molar-refractivity contribution in [1.29, 1.82) is 0 Å². The van der Waals surface area contributed by atoms with Gasteiger partial charge in [0.1, 0.15) is 0 Å². The van der Waals surface area contributed by atoms with Crippen LogP contribution in [0.25, 0.3) is 0 Å². The molecule has 0 aliphatic rings. The highest BCUT2D eigenvalue weighted by molar-refractivity contribution is 7.92. The summed E-state index contributed by atoms with van der Waals surface area (Å²) in [5.74, 6) is -1.44. The van der Waals surface area contributed by atoms with Crippen molar-refractivity contribution >= 4 is 33.0 Å². The second kappa shape index (κ2) is 10.1. The van der Waals surface area contributed by atoms with E-state index in [0.717, 1.165) is 5.69 Å². The number of carbonyl (C=O) groups is 2. The molecule has 4 N–H and O–H groups in total. The fourth-order valence-corrected chi connectivity index (χ4v) is 5.02. The smallest absolute Gasteiger partial charge is 0.274 e. The second-order valence-corrected chi connectivity index (χ2v) is 10.8. The fourth-order valence-electron chi connectivity index (χ4n) is 3.37. The number of rotatable bonds is 7. The summed E-state index contributed by atoms with van der Waals surface area (Å²) in [4.78, 5) is 24.8. The van der Waals surface area contributed by atoms with E-state index in [-0.39, 0.29) is 16.0 Å². The highest BCUT2D eigenvalue weighted by Gasteiger charge is 2.35. The average Bonchev–Trinajstić information content (AvgIpc) is 2.79. The van der Waals surface area contributed by atoms with E-state index in [4.69, 9.17) is 5.21 Å². The molecule has 0 spiro atoms. The molecule has 0 aliphatic carbocycles. The molecule has 178 valence electrons. The summed E-state index contributed by atoms with van der Waals surface area (Å²) in [5, 5.41) is 13.1. The third kappa shape index (κ3) is 6.00. The van der Waals surface area contributed by atoms with Crippen LogP contribution in [0.2, 0.25) is 0 Å². The summed E-state index contributed by atoms with van der Waals surface area (Å²) in [6.45, 7) is 5.99. The lowest BCUT2D eigenvalue weighted by molar-refractivity contribution is -0.115. The van der Waals surface area contributed by atoms with Gasteiger partial charge in [-0.05, 0) is 74.9 Å². The van der Waals surface area contributed by atoms with Gasteiger partial charge in [0.2, 0.25) is 5.91 Å². The Morgan fingerprint density at radius 1 is 0.824 bits per heavy atom. The molecule has 0 saturated carbocycles. The normalized spacial score (nSPS) is 12.5. The Labute approximate surface area is 198 Å². The third-order valence-corrected chi connectivity index (χ3v) is 6.91. The molecule has 0 radical (unpaired) electrons. The van der Waals surface area contributed by atoms with Crippen LogP contribution in [0, 0.1) is 0 Å². The van der Waals surface area contributed by atoms with Gasteiger partial charge >= 0.3 is 0 Å². The first kappa shape index (κ1) is 24.9. The quantitative estimate of drug-likeness (QED) is 0.297. The molecule has 0 aliphatic heterocycles. The summed E-state index contributed by atoms with van der Waals surface area (Å²) < 4.78 is 27.2. The Hall–Kier alpha value is -3.69. The molecular formula is C25H27N3O5S. The molecule has 34 heavy (non-hydrogen) atoms. The molecule has 3 aromatic carbocycles. The molecule has 0 aromatic heterocycles. The van der Waals surface area contributed by atoms with Gasteiger partial charge in [0.25, 0.3) is 5.91 Å². The van der Waals surface area contributed by atoms with Gasteiger partial charge in [0.05, 0.1) is 4.90 Å². The van der Waals surface area contributed by atoms with Gasteiger partial charge in [-0.3, -0.25) is 14.8 Å². The minimum Gasteiger partial charge on any atom is -0.380 e. The molecule has 8 nitrogen and oxygen atoms in total. The van der Waals surface area contributed by atoms with Crippen molar-refractivity contribution in [3.63, 3.8) is 0 Å². The molecule has 0 bridgehead atoms. The van der Waals surface area contributed by atoms with Crippen molar-refractivity contribution in [1.82, 2.24) is 5.48 Å². The van der Waals surface area contributed by atoms with Gasteiger partial charge in [0, 0.05) is 22.5 Å². The molecule has 1 atom stereocenters. The van der Waals surface area contributed by atoms with Gasteiger partial charge in [-0.25, -0.2) is 13.9 Å². The molecule has 3 rings (SSSR count). The topological polar surface area (TPSA) is 125 Å². The first-order valence-electron chi connectivity index (χ1n) is 10.5. The van der Waals surface area contributed by atoms with Crippen LogP contribution in [0.1, 0.15) is 41.9 Å². The van der Waals surface area contributed by atoms with Crippen LogP contribution in [-0.2, 0) is 14.6 Å². The maximum absolute atomic E-state index is 13.6. The molecule has 0 saturated heterocycles. The van der Waals surface area contributed by atoms with Crippen molar-refractivity contribution in [2.24, 2.45) is 0 Å². The van der Waals surface area contributed by atoms with E-state index in [1.54, 1.807) is 42.5 Å². The van der Waals surface area contributed by atoms with Crippen LogP contribution >= 0.6 is 0 Å². The van der Waals surface area contributed by atoms with E-state index in [9.17, 15) is 18.0 Å². The molecule has 0 unspecified atom stereocenters. The lowest BCUT2D eigenvalue weighted by Gasteiger charge is -2.22. The van der Waals surface area contributed by atoms with E-state index in [0.29, 0.717) is 11.3 Å². The summed E-state index contributed by atoms with van der Waals surface area (Å²) >= 11 is 0. The maximum atomic E-state index is 13.6. The summed E-state index contributed by atoms with van der Waals surface area (Å²) in [6.07, 6.45) is 0. The molecule has 2 amide bonds. The Bertz CT molecular complexity index is 1250. The summed E-state index contributed by atoms with van der Waals surface area (Å²) in [7, 11) is -4.10. The van der Waals surface area contributed by atoms with E-state index in [1.165, 1.54) is 41.9 Å². The van der Waals surface area contributed by atoms with E-state index < -0.39 is 26.9 Å². The van der Waals surface area contributed by atoms with Gasteiger partial charge in [-0.15, -0.1) is 0 Å². The van der Waals surface area contributed by atoms with Gasteiger partial charge < -0.3 is 10.6 Å². The Balaban J connectivity index is 1.93. The third-order valence-electron chi connectivity index (χ3n) is 4.87. The summed E-state index contributed by atoms with van der Waals surface area (Å²) in [6, 6.07) is 20.3. The first-order chi connectivity index (χ1) is 16.0. The minimum absolute atomic E-state index is 0.0194. The number of hydroxylamine groups is 1. The monoisotopic (exact) mass is 481 g/mol. The molecule has 0 fully saturated rings. The highest BCUT2D eigenvalue weighted by atomic mass is 32.2. The second-order valence-electron chi connectivity index (χ2n) is 8.74. The minimum atomic E-state index is -4.10. The first-order valence-corrected chi connectivity index (χ1v) is 12.1. The largest absolute Gasteiger partial charge is 0.380 e. The molecule has 0 heterocycles.